The molecule has 2 rings (SSSR count). The van der Waals surface area contributed by atoms with Crippen molar-refractivity contribution < 1.29 is 14.6 Å². The van der Waals surface area contributed by atoms with Crippen molar-refractivity contribution in [2.45, 2.75) is 6.10 Å². The highest BCUT2D eigenvalue weighted by atomic mass is 35.5. The number of anilines is 1. The molecule has 108 valence electrons. The zero-order valence-electron chi connectivity index (χ0n) is 10.7. The molecule has 7 heteroatoms. The monoisotopic (exact) mass is 333 g/mol. The maximum atomic E-state index is 11.6. The fourth-order valence-electron chi connectivity index (χ4n) is 1.69. The van der Waals surface area contributed by atoms with Gasteiger partial charge in [-0.1, -0.05) is 11.6 Å². The largest absolute Gasteiger partial charge is 0.465 e. The minimum Gasteiger partial charge on any atom is -0.465 e. The van der Waals surface area contributed by atoms with Gasteiger partial charge >= 0.3 is 5.97 Å². The molecular weight excluding hydrogens is 321 g/mol. The number of nitrogens with one attached hydrogen (secondary N) is 1. The topological polar surface area (TPSA) is 58.6 Å². The van der Waals surface area contributed by atoms with E-state index >= 15 is 0 Å². The number of aliphatic hydroxyl groups excluding tert-OH is 1. The zero-order chi connectivity index (χ0) is 14.7. The van der Waals surface area contributed by atoms with Gasteiger partial charge in [-0.3, -0.25) is 0 Å². The Morgan fingerprint density at radius 1 is 1.55 bits per heavy atom. The number of benzene rings is 1. The van der Waals surface area contributed by atoms with E-state index in [9.17, 15) is 9.90 Å². The van der Waals surface area contributed by atoms with E-state index in [2.05, 4.69) is 5.32 Å². The van der Waals surface area contributed by atoms with E-state index in [1.54, 1.807) is 0 Å². The summed E-state index contributed by atoms with van der Waals surface area (Å²) in [5, 5.41) is 13.7. The van der Waals surface area contributed by atoms with Crippen LogP contribution in [0.1, 0.15) is 9.67 Å². The number of ether oxygens (including phenoxy) is 1. The van der Waals surface area contributed by atoms with Gasteiger partial charge in [-0.15, -0.1) is 22.9 Å². The number of methoxy groups -OCH3 is 1. The smallest absolute Gasteiger partial charge is 0.349 e. The predicted molar refractivity (Wildman–Crippen MR) is 83.4 cm³/mol. The maximum Gasteiger partial charge on any atom is 0.349 e. The third kappa shape index (κ3) is 3.17. The summed E-state index contributed by atoms with van der Waals surface area (Å²) in [4.78, 5) is 12.0. The lowest BCUT2D eigenvalue weighted by atomic mass is 10.2. The second kappa shape index (κ2) is 6.63. The van der Waals surface area contributed by atoms with Crippen molar-refractivity contribution in [1.82, 2.24) is 0 Å². The summed E-state index contributed by atoms with van der Waals surface area (Å²) in [5.41, 5.74) is 0.830. The normalized spacial score (nSPS) is 12.4. The van der Waals surface area contributed by atoms with Gasteiger partial charge in [-0.05, 0) is 18.2 Å². The molecule has 0 radical (unpaired) electrons. The molecule has 0 saturated carbocycles. The minimum atomic E-state index is -0.607. The number of hydrogen-bond donors (Lipinski definition) is 2. The van der Waals surface area contributed by atoms with Crippen molar-refractivity contribution >= 4 is 56.3 Å². The molecular formula is C13H13Cl2NO3S. The van der Waals surface area contributed by atoms with Crippen LogP contribution in [-0.4, -0.2) is 36.7 Å². The highest BCUT2D eigenvalue weighted by Gasteiger charge is 2.17. The van der Waals surface area contributed by atoms with Crippen molar-refractivity contribution in [3.05, 3.63) is 28.1 Å². The summed E-state index contributed by atoms with van der Waals surface area (Å²) in [6.45, 7) is 0.359. The van der Waals surface area contributed by atoms with E-state index in [1.165, 1.54) is 18.4 Å². The molecule has 20 heavy (non-hydrogen) atoms. The van der Waals surface area contributed by atoms with Crippen molar-refractivity contribution in [3.63, 3.8) is 0 Å². The Kier molecular flexibility index (Phi) is 5.10. The molecule has 2 aromatic rings. The summed E-state index contributed by atoms with van der Waals surface area (Å²) < 4.78 is 5.57. The number of fused-ring (bicyclic) bond motifs is 1. The van der Waals surface area contributed by atoms with Crippen molar-refractivity contribution in [1.29, 1.82) is 0 Å². The number of alkyl halides is 1. The molecule has 2 N–H and O–H groups in total. The molecule has 1 atom stereocenters. The maximum absolute atomic E-state index is 11.6. The zero-order valence-corrected chi connectivity index (χ0v) is 13.0. The molecule has 0 aliphatic carbocycles. The average Bonchev–Trinajstić information content (AvgIpc) is 2.80. The average molecular weight is 334 g/mol. The molecule has 4 nitrogen and oxygen atoms in total. The Hall–Kier alpha value is -1.01. The van der Waals surface area contributed by atoms with Crippen LogP contribution >= 0.6 is 34.5 Å². The Balaban J connectivity index is 2.28. The summed E-state index contributed by atoms with van der Waals surface area (Å²) in [6, 6.07) is 5.54. The van der Waals surface area contributed by atoms with E-state index in [0.717, 1.165) is 15.8 Å². The number of carbonyl (C=O) groups excluding carboxylic acids is 1. The SMILES string of the molecule is COC(=O)c1sc2cc(NCC(O)CCl)ccc2c1Cl. The third-order valence-electron chi connectivity index (χ3n) is 2.72. The quantitative estimate of drug-likeness (QED) is 0.650. The van der Waals surface area contributed by atoms with Gasteiger partial charge in [0.1, 0.15) is 4.88 Å². The third-order valence-corrected chi connectivity index (χ3v) is 4.71. The first-order valence-electron chi connectivity index (χ1n) is 5.85. The standard InChI is InChI=1S/C13H13Cl2NO3S/c1-19-13(18)12-11(15)9-3-2-7(4-10(9)20-12)16-6-8(17)5-14/h2-4,8,16-17H,5-6H2,1H3. The Labute approximate surface area is 130 Å². The first-order chi connectivity index (χ1) is 9.56. The van der Waals surface area contributed by atoms with E-state index in [4.69, 9.17) is 27.9 Å². The molecule has 0 spiro atoms. The Morgan fingerprint density at radius 3 is 2.95 bits per heavy atom. The summed E-state index contributed by atoms with van der Waals surface area (Å²) >= 11 is 13.0. The number of rotatable bonds is 5. The lowest BCUT2D eigenvalue weighted by molar-refractivity contribution is 0.0606. The molecule has 1 unspecified atom stereocenters. The Morgan fingerprint density at radius 2 is 2.30 bits per heavy atom. The Bertz CT molecular complexity index is 629. The number of esters is 1. The van der Waals surface area contributed by atoms with Crippen LogP contribution in [0.25, 0.3) is 10.1 Å². The van der Waals surface area contributed by atoms with Gasteiger partial charge < -0.3 is 15.2 Å². The molecule has 1 heterocycles. The number of halogens is 2. The molecule has 1 aromatic heterocycles. The van der Waals surface area contributed by atoms with Crippen LogP contribution in [0.15, 0.2) is 18.2 Å². The number of thiophene rings is 1. The van der Waals surface area contributed by atoms with E-state index < -0.39 is 12.1 Å². The summed E-state index contributed by atoms with van der Waals surface area (Å²) in [7, 11) is 1.32. The van der Waals surface area contributed by atoms with Crippen LogP contribution in [0, 0.1) is 0 Å². The van der Waals surface area contributed by atoms with E-state index in [0.29, 0.717) is 16.4 Å². The first kappa shape index (κ1) is 15.4. The van der Waals surface area contributed by atoms with Gasteiger partial charge in [-0.25, -0.2) is 4.79 Å². The van der Waals surface area contributed by atoms with Crippen LogP contribution in [0.5, 0.6) is 0 Å². The molecule has 0 bridgehead atoms. The van der Waals surface area contributed by atoms with Crippen LogP contribution in [0.2, 0.25) is 5.02 Å². The molecule has 0 saturated heterocycles. The fourth-order valence-corrected chi connectivity index (χ4v) is 3.26. The van der Waals surface area contributed by atoms with Crippen LogP contribution in [0.4, 0.5) is 5.69 Å². The first-order valence-corrected chi connectivity index (χ1v) is 7.58. The van der Waals surface area contributed by atoms with Crippen molar-refractivity contribution in [2.75, 3.05) is 24.9 Å². The van der Waals surface area contributed by atoms with Gasteiger partial charge in [0.15, 0.2) is 0 Å². The highest BCUT2D eigenvalue weighted by molar-refractivity contribution is 7.21. The van der Waals surface area contributed by atoms with Gasteiger partial charge in [0.25, 0.3) is 0 Å². The van der Waals surface area contributed by atoms with E-state index in [1.807, 2.05) is 18.2 Å². The highest BCUT2D eigenvalue weighted by Crippen LogP contribution is 2.37. The van der Waals surface area contributed by atoms with Crippen LogP contribution < -0.4 is 5.32 Å². The van der Waals surface area contributed by atoms with Crippen molar-refractivity contribution in [2.24, 2.45) is 0 Å². The predicted octanol–water partition coefficient (Wildman–Crippen LogP) is 3.35. The van der Waals surface area contributed by atoms with Gasteiger partial charge in [0.05, 0.1) is 24.1 Å². The van der Waals surface area contributed by atoms with E-state index in [-0.39, 0.29) is 5.88 Å². The molecule has 0 amide bonds. The molecule has 0 fully saturated rings. The summed E-state index contributed by atoms with van der Waals surface area (Å²) in [6.07, 6.45) is -0.607. The molecule has 1 aromatic carbocycles. The molecule has 0 aliphatic heterocycles. The number of carbonyl (C=O) groups is 1. The minimum absolute atomic E-state index is 0.173. The molecule has 0 aliphatic rings. The van der Waals surface area contributed by atoms with Crippen molar-refractivity contribution in [3.8, 4) is 0 Å². The lowest BCUT2D eigenvalue weighted by Gasteiger charge is -2.09. The van der Waals surface area contributed by atoms with Crippen LogP contribution in [0.3, 0.4) is 0 Å². The van der Waals surface area contributed by atoms with Crippen LogP contribution in [-0.2, 0) is 4.74 Å². The van der Waals surface area contributed by atoms with Gasteiger partial charge in [0.2, 0.25) is 0 Å². The van der Waals surface area contributed by atoms with Gasteiger partial charge in [0, 0.05) is 22.3 Å². The number of aliphatic hydroxyl groups is 1. The van der Waals surface area contributed by atoms with Gasteiger partial charge in [-0.2, -0.15) is 0 Å². The summed E-state index contributed by atoms with van der Waals surface area (Å²) in [5.74, 6) is -0.268. The second-order valence-corrected chi connectivity index (χ2v) is 5.88. The second-order valence-electron chi connectivity index (χ2n) is 4.14. The number of hydrogen-bond acceptors (Lipinski definition) is 5. The lowest BCUT2D eigenvalue weighted by Crippen LogP contribution is -2.20. The fraction of sp³-hybridized carbons (Fsp3) is 0.308.